The molecule has 0 heterocycles. The standard InChI is InChI=1S/C29H41NO4/c1-2-3-4-5-6-7-8-9-10-11-12-13-14-15-16-17-18-19-28(32)30-27(29(33)34)24-25-20-22-26(31)23-21-25/h6-7,9-10,12-13,15-16,20-23,27,31H,2-5,8,11,14,17-19,24H2,1H3,(H,30,32)(H,33,34)/t27-/m0/s1. The number of amides is 1. The molecule has 0 radical (unpaired) electrons. The highest BCUT2D eigenvalue weighted by Gasteiger charge is 2.20. The van der Waals surface area contributed by atoms with Gasteiger partial charge in [-0.3, -0.25) is 4.79 Å². The van der Waals surface area contributed by atoms with Crippen LogP contribution >= 0.6 is 0 Å². The molecule has 1 aromatic rings. The van der Waals surface area contributed by atoms with E-state index in [1.165, 1.54) is 37.8 Å². The molecule has 1 rings (SSSR count). The molecule has 0 aliphatic carbocycles. The van der Waals surface area contributed by atoms with E-state index in [9.17, 15) is 19.8 Å². The number of aliphatic carboxylic acids is 1. The molecule has 3 N–H and O–H groups in total. The maximum atomic E-state index is 12.1. The summed E-state index contributed by atoms with van der Waals surface area (Å²) in [5.74, 6) is -1.21. The number of benzene rings is 1. The first-order valence-corrected chi connectivity index (χ1v) is 12.4. The van der Waals surface area contributed by atoms with Gasteiger partial charge in [-0.25, -0.2) is 4.79 Å². The molecular weight excluding hydrogens is 426 g/mol. The highest BCUT2D eigenvalue weighted by Crippen LogP contribution is 2.12. The maximum Gasteiger partial charge on any atom is 0.326 e. The second-order valence-corrected chi connectivity index (χ2v) is 8.31. The summed E-state index contributed by atoms with van der Waals surface area (Å²) in [4.78, 5) is 23.6. The second-order valence-electron chi connectivity index (χ2n) is 8.31. The number of nitrogens with one attached hydrogen (secondary N) is 1. The molecule has 0 aliphatic heterocycles. The molecule has 0 fully saturated rings. The van der Waals surface area contributed by atoms with Gasteiger partial charge in [0.15, 0.2) is 0 Å². The zero-order valence-corrected chi connectivity index (χ0v) is 20.5. The van der Waals surface area contributed by atoms with Crippen molar-refractivity contribution in [3.05, 3.63) is 78.4 Å². The van der Waals surface area contributed by atoms with Crippen LogP contribution in [0.5, 0.6) is 5.75 Å². The number of carboxylic acids is 1. The van der Waals surface area contributed by atoms with Gasteiger partial charge >= 0.3 is 5.97 Å². The van der Waals surface area contributed by atoms with Gasteiger partial charge in [-0.2, -0.15) is 0 Å². The Morgan fingerprint density at radius 1 is 0.824 bits per heavy atom. The lowest BCUT2D eigenvalue weighted by molar-refractivity contribution is -0.141. The molecule has 186 valence electrons. The minimum absolute atomic E-state index is 0.122. The lowest BCUT2D eigenvalue weighted by Crippen LogP contribution is -2.42. The second kappa shape index (κ2) is 19.4. The molecule has 0 bridgehead atoms. The van der Waals surface area contributed by atoms with E-state index in [1.54, 1.807) is 12.1 Å². The smallest absolute Gasteiger partial charge is 0.326 e. The van der Waals surface area contributed by atoms with Crippen molar-refractivity contribution in [3.8, 4) is 5.75 Å². The van der Waals surface area contributed by atoms with Gasteiger partial charge in [0, 0.05) is 12.8 Å². The molecular formula is C29H41NO4. The van der Waals surface area contributed by atoms with E-state index >= 15 is 0 Å². The first kappa shape index (κ1) is 29.0. The molecule has 1 atom stereocenters. The quantitative estimate of drug-likeness (QED) is 0.167. The fourth-order valence-corrected chi connectivity index (χ4v) is 3.28. The molecule has 0 spiro atoms. The zero-order chi connectivity index (χ0) is 24.9. The van der Waals surface area contributed by atoms with Gasteiger partial charge in [-0.1, -0.05) is 80.5 Å². The molecule has 0 saturated heterocycles. The summed E-state index contributed by atoms with van der Waals surface area (Å²) >= 11 is 0. The van der Waals surface area contributed by atoms with E-state index in [0.717, 1.165) is 31.2 Å². The molecule has 0 saturated carbocycles. The van der Waals surface area contributed by atoms with Crippen LogP contribution in [0.3, 0.4) is 0 Å². The average molecular weight is 468 g/mol. The van der Waals surface area contributed by atoms with Crippen LogP contribution in [-0.4, -0.2) is 28.1 Å². The van der Waals surface area contributed by atoms with Gasteiger partial charge in [0.1, 0.15) is 11.8 Å². The van der Waals surface area contributed by atoms with Crippen LogP contribution in [0.15, 0.2) is 72.9 Å². The SMILES string of the molecule is CCCCCC=CCC=CCC=CCC=CCCCC(=O)N[C@@H](Cc1ccc(O)cc1)C(=O)O. The summed E-state index contributed by atoms with van der Waals surface area (Å²) in [6, 6.07) is 5.34. The van der Waals surface area contributed by atoms with E-state index in [0.29, 0.717) is 6.42 Å². The number of phenolic OH excluding ortho intramolecular Hbond substituents is 1. The first-order chi connectivity index (χ1) is 16.5. The Hall–Kier alpha value is -3.08. The Balaban J connectivity index is 2.12. The van der Waals surface area contributed by atoms with Crippen LogP contribution in [0.4, 0.5) is 0 Å². The third-order valence-corrected chi connectivity index (χ3v) is 5.24. The van der Waals surface area contributed by atoms with Gasteiger partial charge in [0.2, 0.25) is 5.91 Å². The summed E-state index contributed by atoms with van der Waals surface area (Å²) < 4.78 is 0. The van der Waals surface area contributed by atoms with Crippen molar-refractivity contribution in [2.75, 3.05) is 0 Å². The van der Waals surface area contributed by atoms with Gasteiger partial charge in [0.25, 0.3) is 0 Å². The predicted octanol–water partition coefficient (Wildman–Crippen LogP) is 6.65. The first-order valence-electron chi connectivity index (χ1n) is 12.4. The van der Waals surface area contributed by atoms with Gasteiger partial charge in [0.05, 0.1) is 0 Å². The molecule has 0 unspecified atom stereocenters. The number of unbranched alkanes of at least 4 members (excludes halogenated alkanes) is 4. The van der Waals surface area contributed by atoms with Crippen LogP contribution in [0.1, 0.15) is 76.7 Å². The highest BCUT2D eigenvalue weighted by molar-refractivity contribution is 5.83. The number of carbonyl (C=O) groups is 2. The third-order valence-electron chi connectivity index (χ3n) is 5.24. The van der Waals surface area contributed by atoms with Crippen molar-refractivity contribution in [2.24, 2.45) is 0 Å². The van der Waals surface area contributed by atoms with Crippen molar-refractivity contribution in [1.82, 2.24) is 5.32 Å². The number of carbonyl (C=O) groups excluding carboxylic acids is 1. The summed E-state index contributed by atoms with van der Waals surface area (Å²) in [6.07, 6.45) is 27.1. The topological polar surface area (TPSA) is 86.6 Å². The van der Waals surface area contributed by atoms with Gasteiger partial charge in [-0.05, 0) is 62.6 Å². The number of carboxylic acid groups (broad SMARTS) is 1. The monoisotopic (exact) mass is 467 g/mol. The number of hydrogen-bond acceptors (Lipinski definition) is 3. The number of aromatic hydroxyl groups is 1. The molecule has 34 heavy (non-hydrogen) atoms. The van der Waals surface area contributed by atoms with Crippen molar-refractivity contribution >= 4 is 11.9 Å². The summed E-state index contributed by atoms with van der Waals surface area (Å²) in [6.45, 7) is 2.22. The van der Waals surface area contributed by atoms with Crippen molar-refractivity contribution in [2.45, 2.75) is 83.6 Å². The van der Waals surface area contributed by atoms with Gasteiger partial charge < -0.3 is 15.5 Å². The minimum Gasteiger partial charge on any atom is -0.508 e. The van der Waals surface area contributed by atoms with Crippen molar-refractivity contribution in [3.63, 3.8) is 0 Å². The van der Waals surface area contributed by atoms with Gasteiger partial charge in [-0.15, -0.1) is 0 Å². The van der Waals surface area contributed by atoms with E-state index in [-0.39, 0.29) is 24.5 Å². The van der Waals surface area contributed by atoms with Crippen LogP contribution in [0, 0.1) is 0 Å². The average Bonchev–Trinajstić information content (AvgIpc) is 2.82. The number of phenols is 1. The number of rotatable bonds is 18. The van der Waals surface area contributed by atoms with Crippen molar-refractivity contribution < 1.29 is 19.8 Å². The number of hydrogen-bond donors (Lipinski definition) is 3. The normalized spacial score (nSPS) is 12.9. The molecule has 0 aliphatic rings. The minimum atomic E-state index is -1.07. The summed E-state index contributed by atoms with van der Waals surface area (Å²) in [5, 5.41) is 21.3. The van der Waals surface area contributed by atoms with E-state index < -0.39 is 12.0 Å². The van der Waals surface area contributed by atoms with Crippen LogP contribution in [0.2, 0.25) is 0 Å². The largest absolute Gasteiger partial charge is 0.508 e. The molecule has 0 aromatic heterocycles. The molecule has 5 nitrogen and oxygen atoms in total. The molecule has 1 aromatic carbocycles. The Morgan fingerprint density at radius 3 is 1.88 bits per heavy atom. The lowest BCUT2D eigenvalue weighted by atomic mass is 10.1. The highest BCUT2D eigenvalue weighted by atomic mass is 16.4. The van der Waals surface area contributed by atoms with Crippen LogP contribution in [-0.2, 0) is 16.0 Å². The predicted molar refractivity (Wildman–Crippen MR) is 140 cm³/mol. The Morgan fingerprint density at radius 2 is 1.35 bits per heavy atom. The fourth-order valence-electron chi connectivity index (χ4n) is 3.28. The molecule has 5 heteroatoms. The summed E-state index contributed by atoms with van der Waals surface area (Å²) in [7, 11) is 0. The lowest BCUT2D eigenvalue weighted by Gasteiger charge is -2.14. The Bertz CT molecular complexity index is 806. The fraction of sp³-hybridized carbons (Fsp3) is 0.448. The third kappa shape index (κ3) is 15.7. The molecule has 1 amide bonds. The Labute approximate surface area is 205 Å². The number of allylic oxidation sites excluding steroid dienone is 8. The van der Waals surface area contributed by atoms with Crippen LogP contribution in [0.25, 0.3) is 0 Å². The maximum absolute atomic E-state index is 12.1. The zero-order valence-electron chi connectivity index (χ0n) is 20.5. The van der Waals surface area contributed by atoms with E-state index in [1.807, 2.05) is 0 Å². The Kier molecular flexibility index (Phi) is 16.5. The van der Waals surface area contributed by atoms with E-state index in [4.69, 9.17) is 0 Å². The van der Waals surface area contributed by atoms with Crippen LogP contribution < -0.4 is 5.32 Å². The van der Waals surface area contributed by atoms with Crippen molar-refractivity contribution in [1.29, 1.82) is 0 Å². The van der Waals surface area contributed by atoms with E-state index in [2.05, 4.69) is 60.8 Å². The summed E-state index contributed by atoms with van der Waals surface area (Å²) in [5.41, 5.74) is 0.742.